The average molecular weight is 252 g/mol. The highest BCUT2D eigenvalue weighted by atomic mass is 16.1. The molecular weight excluding hydrogens is 224 g/mol. The Morgan fingerprint density at radius 3 is 2.61 bits per heavy atom. The molecule has 2 fully saturated rings. The first kappa shape index (κ1) is 14.0. The fourth-order valence-electron chi connectivity index (χ4n) is 3.39. The van der Waals surface area contributed by atoms with Crippen molar-refractivity contribution in [3.63, 3.8) is 0 Å². The quantitative estimate of drug-likeness (QED) is 0.765. The Morgan fingerprint density at radius 2 is 1.94 bits per heavy atom. The molecule has 0 radical (unpaired) electrons. The van der Waals surface area contributed by atoms with Gasteiger partial charge in [-0.25, -0.2) is 0 Å². The van der Waals surface area contributed by atoms with Crippen LogP contribution in [-0.2, 0) is 4.79 Å². The van der Waals surface area contributed by atoms with Gasteiger partial charge in [-0.15, -0.1) is 0 Å². The Bertz CT molecular complexity index is 272. The van der Waals surface area contributed by atoms with E-state index in [2.05, 4.69) is 23.8 Å². The lowest BCUT2D eigenvalue weighted by molar-refractivity contribution is -0.126. The van der Waals surface area contributed by atoms with Gasteiger partial charge < -0.3 is 9.80 Å². The lowest BCUT2D eigenvalue weighted by Crippen LogP contribution is -2.47. The molecule has 3 nitrogen and oxygen atoms in total. The van der Waals surface area contributed by atoms with Crippen LogP contribution in [-0.4, -0.2) is 55.4 Å². The van der Waals surface area contributed by atoms with Crippen LogP contribution in [0, 0.1) is 11.8 Å². The SMILES string of the molecule is CCCC1CCC(=O)C(CN2CCN(C)CC2)C1. The van der Waals surface area contributed by atoms with E-state index in [4.69, 9.17) is 0 Å². The number of ketones is 1. The third kappa shape index (κ3) is 3.79. The summed E-state index contributed by atoms with van der Waals surface area (Å²) in [7, 11) is 2.18. The number of carbonyl (C=O) groups is 1. The van der Waals surface area contributed by atoms with E-state index in [-0.39, 0.29) is 0 Å². The number of Topliss-reactive ketones (excluding diaryl/α,β-unsaturated/α-hetero) is 1. The van der Waals surface area contributed by atoms with Crippen LogP contribution in [0.5, 0.6) is 0 Å². The zero-order chi connectivity index (χ0) is 13.0. The second kappa shape index (κ2) is 6.67. The van der Waals surface area contributed by atoms with Crippen LogP contribution >= 0.6 is 0 Å². The highest BCUT2D eigenvalue weighted by Crippen LogP contribution is 2.30. The summed E-state index contributed by atoms with van der Waals surface area (Å²) < 4.78 is 0. The van der Waals surface area contributed by atoms with Crippen LogP contribution < -0.4 is 0 Å². The molecular formula is C15H28N2O. The predicted molar refractivity (Wildman–Crippen MR) is 74.7 cm³/mol. The smallest absolute Gasteiger partial charge is 0.137 e. The summed E-state index contributed by atoms with van der Waals surface area (Å²) >= 11 is 0. The van der Waals surface area contributed by atoms with Gasteiger partial charge >= 0.3 is 0 Å². The van der Waals surface area contributed by atoms with Crippen LogP contribution in [0.3, 0.4) is 0 Å². The van der Waals surface area contributed by atoms with Gasteiger partial charge in [0.1, 0.15) is 5.78 Å². The fraction of sp³-hybridized carbons (Fsp3) is 0.933. The van der Waals surface area contributed by atoms with Gasteiger partial charge in [0, 0.05) is 45.1 Å². The monoisotopic (exact) mass is 252 g/mol. The molecule has 1 heterocycles. The molecule has 0 aromatic carbocycles. The molecule has 0 spiro atoms. The van der Waals surface area contributed by atoms with Gasteiger partial charge in [0.25, 0.3) is 0 Å². The number of piperazine rings is 1. The maximum Gasteiger partial charge on any atom is 0.137 e. The van der Waals surface area contributed by atoms with Gasteiger partial charge in [-0.2, -0.15) is 0 Å². The van der Waals surface area contributed by atoms with Crippen molar-refractivity contribution in [3.8, 4) is 0 Å². The maximum atomic E-state index is 12.0. The van der Waals surface area contributed by atoms with Crippen molar-refractivity contribution in [1.82, 2.24) is 9.80 Å². The van der Waals surface area contributed by atoms with Crippen LogP contribution in [0.4, 0.5) is 0 Å². The molecule has 104 valence electrons. The van der Waals surface area contributed by atoms with Gasteiger partial charge in [-0.05, 0) is 25.8 Å². The van der Waals surface area contributed by atoms with Crippen molar-refractivity contribution >= 4 is 5.78 Å². The molecule has 0 bridgehead atoms. The topological polar surface area (TPSA) is 23.6 Å². The van der Waals surface area contributed by atoms with E-state index in [1.807, 2.05) is 0 Å². The largest absolute Gasteiger partial charge is 0.304 e. The van der Waals surface area contributed by atoms with E-state index in [9.17, 15) is 4.79 Å². The molecule has 0 aromatic heterocycles. The number of rotatable bonds is 4. The first-order valence-electron chi connectivity index (χ1n) is 7.62. The van der Waals surface area contributed by atoms with Crippen molar-refractivity contribution < 1.29 is 4.79 Å². The molecule has 18 heavy (non-hydrogen) atoms. The summed E-state index contributed by atoms with van der Waals surface area (Å²) in [5.41, 5.74) is 0. The van der Waals surface area contributed by atoms with E-state index < -0.39 is 0 Å². The Hall–Kier alpha value is -0.410. The molecule has 1 aliphatic heterocycles. The Kier molecular flexibility index (Phi) is 5.19. The molecule has 0 aromatic rings. The highest BCUT2D eigenvalue weighted by molar-refractivity contribution is 5.81. The summed E-state index contributed by atoms with van der Waals surface area (Å²) in [6, 6.07) is 0. The maximum absolute atomic E-state index is 12.0. The first-order valence-corrected chi connectivity index (χ1v) is 7.62. The lowest BCUT2D eigenvalue weighted by Gasteiger charge is -2.36. The molecule has 1 aliphatic carbocycles. The number of carbonyl (C=O) groups excluding carboxylic acids is 1. The summed E-state index contributed by atoms with van der Waals surface area (Å²) in [5.74, 6) is 1.67. The molecule has 0 amide bonds. The fourth-order valence-corrected chi connectivity index (χ4v) is 3.39. The number of hydrogen-bond donors (Lipinski definition) is 0. The molecule has 1 saturated carbocycles. The van der Waals surface area contributed by atoms with Crippen LogP contribution in [0.1, 0.15) is 39.0 Å². The second-order valence-electron chi connectivity index (χ2n) is 6.20. The molecule has 1 saturated heterocycles. The van der Waals surface area contributed by atoms with Crippen LogP contribution in [0.25, 0.3) is 0 Å². The molecule has 0 N–H and O–H groups in total. The third-order valence-electron chi connectivity index (χ3n) is 4.64. The summed E-state index contributed by atoms with van der Waals surface area (Å²) in [6.45, 7) is 7.86. The van der Waals surface area contributed by atoms with Gasteiger partial charge in [0.2, 0.25) is 0 Å². The van der Waals surface area contributed by atoms with Crippen molar-refractivity contribution in [1.29, 1.82) is 0 Å². The van der Waals surface area contributed by atoms with Crippen molar-refractivity contribution in [3.05, 3.63) is 0 Å². The van der Waals surface area contributed by atoms with Crippen molar-refractivity contribution in [2.75, 3.05) is 39.8 Å². The summed E-state index contributed by atoms with van der Waals surface area (Å²) in [6.07, 6.45) is 5.71. The average Bonchev–Trinajstić information content (AvgIpc) is 2.36. The van der Waals surface area contributed by atoms with E-state index in [0.29, 0.717) is 11.7 Å². The molecule has 2 atom stereocenters. The van der Waals surface area contributed by atoms with Gasteiger partial charge in [-0.3, -0.25) is 4.79 Å². The minimum absolute atomic E-state index is 0.332. The minimum atomic E-state index is 0.332. The Morgan fingerprint density at radius 1 is 1.22 bits per heavy atom. The third-order valence-corrected chi connectivity index (χ3v) is 4.64. The van der Waals surface area contributed by atoms with Crippen LogP contribution in [0.15, 0.2) is 0 Å². The zero-order valence-electron chi connectivity index (χ0n) is 12.0. The number of likely N-dealkylation sites (N-methyl/N-ethyl adjacent to an activating group) is 1. The van der Waals surface area contributed by atoms with Gasteiger partial charge in [0.05, 0.1) is 0 Å². The highest BCUT2D eigenvalue weighted by Gasteiger charge is 2.30. The van der Waals surface area contributed by atoms with Crippen molar-refractivity contribution in [2.24, 2.45) is 11.8 Å². The second-order valence-corrected chi connectivity index (χ2v) is 6.20. The standard InChI is InChI=1S/C15H28N2O/c1-3-4-13-5-6-15(18)14(11-13)12-17-9-7-16(2)8-10-17/h13-14H,3-12H2,1-2H3. The van der Waals surface area contributed by atoms with E-state index in [0.717, 1.165) is 57.9 Å². The number of nitrogens with zero attached hydrogens (tertiary/aromatic N) is 2. The van der Waals surface area contributed by atoms with E-state index in [1.165, 1.54) is 12.8 Å². The van der Waals surface area contributed by atoms with Crippen LogP contribution in [0.2, 0.25) is 0 Å². The Labute approximate surface area is 112 Å². The minimum Gasteiger partial charge on any atom is -0.304 e. The normalized spacial score (nSPS) is 31.8. The summed E-state index contributed by atoms with van der Waals surface area (Å²) in [4.78, 5) is 16.9. The van der Waals surface area contributed by atoms with Gasteiger partial charge in [0.15, 0.2) is 0 Å². The van der Waals surface area contributed by atoms with E-state index >= 15 is 0 Å². The number of hydrogen-bond acceptors (Lipinski definition) is 3. The summed E-state index contributed by atoms with van der Waals surface area (Å²) in [5, 5.41) is 0. The molecule has 2 aliphatic rings. The Balaban J connectivity index is 1.81. The molecule has 3 heteroatoms. The zero-order valence-corrected chi connectivity index (χ0v) is 12.0. The first-order chi connectivity index (χ1) is 8.69. The lowest BCUT2D eigenvalue weighted by atomic mass is 9.78. The molecule has 2 rings (SSSR count). The van der Waals surface area contributed by atoms with Gasteiger partial charge in [-0.1, -0.05) is 19.8 Å². The van der Waals surface area contributed by atoms with E-state index in [1.54, 1.807) is 0 Å². The predicted octanol–water partition coefficient (Wildman–Crippen LogP) is 2.02. The molecule has 2 unspecified atom stereocenters. The van der Waals surface area contributed by atoms with Crippen molar-refractivity contribution in [2.45, 2.75) is 39.0 Å².